The molecule has 0 unspecified atom stereocenters. The standard InChI is InChI=1S/C23H17N3O/c24-13-19(23(25)27)12-20-15-26(22-8-4-3-7-21(20)22)14-16-9-10-17-5-1-2-6-18(17)11-16/h1-12,15H,14H2,(H2,25,27)/b19-12-. The average molecular weight is 351 g/mol. The molecule has 4 aromatic rings. The van der Waals surface area contributed by atoms with Crippen LogP contribution < -0.4 is 5.73 Å². The molecule has 0 saturated carbocycles. The van der Waals surface area contributed by atoms with Gasteiger partial charge in [-0.25, -0.2) is 0 Å². The monoisotopic (exact) mass is 351 g/mol. The number of aromatic nitrogens is 1. The highest BCUT2D eigenvalue weighted by Gasteiger charge is 2.10. The first-order chi connectivity index (χ1) is 13.2. The van der Waals surface area contributed by atoms with Crippen LogP contribution in [0.2, 0.25) is 0 Å². The molecule has 0 radical (unpaired) electrons. The Morgan fingerprint density at radius 2 is 1.78 bits per heavy atom. The maximum atomic E-state index is 11.4. The molecule has 0 aliphatic carbocycles. The van der Waals surface area contributed by atoms with Crippen molar-refractivity contribution < 1.29 is 4.79 Å². The van der Waals surface area contributed by atoms with Crippen molar-refractivity contribution >= 4 is 33.7 Å². The molecule has 1 amide bonds. The third-order valence-corrected chi connectivity index (χ3v) is 4.67. The summed E-state index contributed by atoms with van der Waals surface area (Å²) in [5.74, 6) is -0.719. The van der Waals surface area contributed by atoms with Crippen LogP contribution in [0, 0.1) is 11.3 Å². The van der Waals surface area contributed by atoms with Gasteiger partial charge in [0.05, 0.1) is 0 Å². The first-order valence-corrected chi connectivity index (χ1v) is 8.63. The second kappa shape index (κ2) is 6.81. The Balaban J connectivity index is 1.80. The van der Waals surface area contributed by atoms with Crippen LogP contribution in [0.1, 0.15) is 11.1 Å². The lowest BCUT2D eigenvalue weighted by Gasteiger charge is -2.07. The Labute approximate surface area is 156 Å². The highest BCUT2D eigenvalue weighted by molar-refractivity contribution is 6.03. The van der Waals surface area contributed by atoms with Crippen LogP contribution in [0.5, 0.6) is 0 Å². The van der Waals surface area contributed by atoms with Gasteiger partial charge in [-0.3, -0.25) is 4.79 Å². The summed E-state index contributed by atoms with van der Waals surface area (Å²) in [6, 6.07) is 24.5. The minimum absolute atomic E-state index is 0.0522. The molecule has 0 aliphatic rings. The van der Waals surface area contributed by atoms with Crippen molar-refractivity contribution in [3.63, 3.8) is 0 Å². The van der Waals surface area contributed by atoms with Gasteiger partial charge in [-0.1, -0.05) is 54.6 Å². The molecule has 1 heterocycles. The number of para-hydroxylation sites is 1. The van der Waals surface area contributed by atoms with E-state index in [-0.39, 0.29) is 5.57 Å². The Kier molecular flexibility index (Phi) is 4.19. The molecule has 0 bridgehead atoms. The smallest absolute Gasteiger partial charge is 0.259 e. The van der Waals surface area contributed by atoms with Crippen molar-refractivity contribution in [3.8, 4) is 6.07 Å². The van der Waals surface area contributed by atoms with Gasteiger partial charge < -0.3 is 10.3 Å². The molecule has 0 fully saturated rings. The van der Waals surface area contributed by atoms with Crippen molar-refractivity contribution in [2.24, 2.45) is 5.73 Å². The maximum Gasteiger partial charge on any atom is 0.259 e. The molecule has 0 spiro atoms. The van der Waals surface area contributed by atoms with Gasteiger partial charge in [-0.05, 0) is 34.5 Å². The van der Waals surface area contributed by atoms with E-state index in [1.165, 1.54) is 16.3 Å². The zero-order valence-electron chi connectivity index (χ0n) is 14.6. The molecule has 0 aliphatic heterocycles. The number of primary amides is 1. The molecule has 4 heteroatoms. The summed E-state index contributed by atoms with van der Waals surface area (Å²) in [7, 11) is 0. The lowest BCUT2D eigenvalue weighted by molar-refractivity contribution is -0.114. The number of nitrogens with two attached hydrogens (primary N) is 1. The lowest BCUT2D eigenvalue weighted by atomic mass is 10.1. The summed E-state index contributed by atoms with van der Waals surface area (Å²) in [6.45, 7) is 0.692. The van der Waals surface area contributed by atoms with Crippen LogP contribution in [-0.4, -0.2) is 10.5 Å². The molecule has 2 N–H and O–H groups in total. The quantitative estimate of drug-likeness (QED) is 0.441. The number of carbonyl (C=O) groups excluding carboxylic acids is 1. The summed E-state index contributed by atoms with van der Waals surface area (Å²) in [4.78, 5) is 11.4. The molecule has 0 atom stereocenters. The molecule has 0 saturated heterocycles. The molecule has 1 aromatic heterocycles. The predicted octanol–water partition coefficient (Wildman–Crippen LogP) is 4.24. The first kappa shape index (κ1) is 16.6. The van der Waals surface area contributed by atoms with Gasteiger partial charge in [0.1, 0.15) is 11.6 Å². The highest BCUT2D eigenvalue weighted by Crippen LogP contribution is 2.25. The molecule has 3 aromatic carbocycles. The third kappa shape index (κ3) is 3.19. The van der Waals surface area contributed by atoms with E-state index in [1.54, 1.807) is 6.08 Å². The van der Waals surface area contributed by atoms with Crippen LogP contribution in [0.25, 0.3) is 27.8 Å². The van der Waals surface area contributed by atoms with Crippen molar-refractivity contribution in [3.05, 3.63) is 89.6 Å². The maximum absolute atomic E-state index is 11.4. The Hall–Kier alpha value is -3.84. The fourth-order valence-electron chi connectivity index (χ4n) is 3.37. The summed E-state index contributed by atoms with van der Waals surface area (Å²) in [5, 5.41) is 12.5. The number of benzene rings is 3. The van der Waals surface area contributed by atoms with Gasteiger partial charge in [0.25, 0.3) is 5.91 Å². The number of hydrogen-bond acceptors (Lipinski definition) is 2. The van der Waals surface area contributed by atoms with Gasteiger partial charge in [0.15, 0.2) is 0 Å². The minimum Gasteiger partial charge on any atom is -0.365 e. The normalized spacial score (nSPS) is 11.6. The van der Waals surface area contributed by atoms with Crippen LogP contribution >= 0.6 is 0 Å². The Morgan fingerprint density at radius 1 is 1.04 bits per heavy atom. The molecular formula is C23H17N3O. The van der Waals surface area contributed by atoms with Crippen LogP contribution in [0.15, 0.2) is 78.5 Å². The lowest BCUT2D eigenvalue weighted by Crippen LogP contribution is -2.12. The molecule has 130 valence electrons. The minimum atomic E-state index is -0.719. The first-order valence-electron chi connectivity index (χ1n) is 8.63. The highest BCUT2D eigenvalue weighted by atomic mass is 16.1. The second-order valence-electron chi connectivity index (χ2n) is 6.45. The molecule has 4 nitrogen and oxygen atoms in total. The third-order valence-electron chi connectivity index (χ3n) is 4.67. The molecule has 27 heavy (non-hydrogen) atoms. The number of fused-ring (bicyclic) bond motifs is 2. The predicted molar refractivity (Wildman–Crippen MR) is 108 cm³/mol. The van der Waals surface area contributed by atoms with Gasteiger partial charge in [0.2, 0.25) is 0 Å². The van der Waals surface area contributed by atoms with Crippen LogP contribution in [0.3, 0.4) is 0 Å². The largest absolute Gasteiger partial charge is 0.365 e. The van der Waals surface area contributed by atoms with Crippen molar-refractivity contribution in [1.82, 2.24) is 4.57 Å². The number of hydrogen-bond donors (Lipinski definition) is 1. The summed E-state index contributed by atoms with van der Waals surface area (Å²) < 4.78 is 2.13. The Morgan fingerprint density at radius 3 is 2.56 bits per heavy atom. The fraction of sp³-hybridized carbons (Fsp3) is 0.0435. The van der Waals surface area contributed by atoms with Crippen LogP contribution in [0.4, 0.5) is 0 Å². The van der Waals surface area contributed by atoms with E-state index in [1.807, 2.05) is 48.7 Å². The Bertz CT molecular complexity index is 1240. The van der Waals surface area contributed by atoms with E-state index in [4.69, 9.17) is 11.0 Å². The SMILES string of the molecule is N#C/C(=C/c1cn(Cc2ccc3ccccc3c2)c2ccccc12)C(N)=O. The van der Waals surface area contributed by atoms with E-state index in [2.05, 4.69) is 34.9 Å². The van der Waals surface area contributed by atoms with Crippen molar-refractivity contribution in [2.75, 3.05) is 0 Å². The zero-order valence-corrected chi connectivity index (χ0v) is 14.6. The number of nitrogens with zero attached hydrogens (tertiary/aromatic N) is 2. The van der Waals surface area contributed by atoms with Gasteiger partial charge in [-0.2, -0.15) is 5.26 Å². The number of rotatable bonds is 4. The number of carbonyl (C=O) groups is 1. The van der Waals surface area contributed by atoms with Gasteiger partial charge >= 0.3 is 0 Å². The van der Waals surface area contributed by atoms with E-state index >= 15 is 0 Å². The summed E-state index contributed by atoms with van der Waals surface area (Å²) >= 11 is 0. The topological polar surface area (TPSA) is 71.8 Å². The van der Waals surface area contributed by atoms with Crippen molar-refractivity contribution in [2.45, 2.75) is 6.54 Å². The second-order valence-corrected chi connectivity index (χ2v) is 6.45. The fourth-order valence-corrected chi connectivity index (χ4v) is 3.37. The average Bonchev–Trinajstić information content (AvgIpc) is 3.03. The van der Waals surface area contributed by atoms with E-state index in [0.717, 1.165) is 16.5 Å². The molecule has 4 rings (SSSR count). The van der Waals surface area contributed by atoms with E-state index in [0.29, 0.717) is 6.54 Å². The van der Waals surface area contributed by atoms with Crippen LogP contribution in [-0.2, 0) is 11.3 Å². The van der Waals surface area contributed by atoms with E-state index < -0.39 is 5.91 Å². The molecular weight excluding hydrogens is 334 g/mol. The zero-order chi connectivity index (χ0) is 18.8. The summed E-state index contributed by atoms with van der Waals surface area (Å²) in [6.07, 6.45) is 3.52. The summed E-state index contributed by atoms with van der Waals surface area (Å²) in [5.41, 5.74) is 8.26. The number of nitriles is 1. The van der Waals surface area contributed by atoms with Gasteiger partial charge in [0, 0.05) is 29.2 Å². The van der Waals surface area contributed by atoms with E-state index in [9.17, 15) is 4.79 Å². The van der Waals surface area contributed by atoms with Crippen molar-refractivity contribution in [1.29, 1.82) is 5.26 Å². The van der Waals surface area contributed by atoms with Gasteiger partial charge in [-0.15, -0.1) is 0 Å². The number of amides is 1.